The summed E-state index contributed by atoms with van der Waals surface area (Å²) in [7, 11) is 0. The molecular weight excluding hydrogens is 329 g/mol. The number of carbonyl (C=O) groups excluding carboxylic acids is 1. The van der Waals surface area contributed by atoms with Gasteiger partial charge in [-0.2, -0.15) is 0 Å². The van der Waals surface area contributed by atoms with Crippen LogP contribution in [0.5, 0.6) is 0 Å². The zero-order valence-corrected chi connectivity index (χ0v) is 16.2. The third kappa shape index (κ3) is 3.76. The molecule has 5 heteroatoms. The normalized spacial score (nSPS) is 15.4. The van der Waals surface area contributed by atoms with E-state index in [-0.39, 0.29) is 18.1 Å². The van der Waals surface area contributed by atoms with E-state index < -0.39 is 0 Å². The van der Waals surface area contributed by atoms with Crippen LogP contribution in [0.15, 0.2) is 41.4 Å². The SMILES string of the molecule is CCOC(=O)c1ccc(B(C)c2ccc3c(c2)C(C)(C)CCS3)nc1. The molecule has 1 aromatic heterocycles. The van der Waals surface area contributed by atoms with E-state index in [4.69, 9.17) is 4.74 Å². The maximum atomic E-state index is 11.8. The van der Waals surface area contributed by atoms with Crippen LogP contribution in [0.4, 0.5) is 0 Å². The Balaban J connectivity index is 1.86. The molecule has 1 aromatic carbocycles. The van der Waals surface area contributed by atoms with Crippen LogP contribution < -0.4 is 11.1 Å². The van der Waals surface area contributed by atoms with Gasteiger partial charge in [-0.25, -0.2) is 4.79 Å². The molecule has 25 heavy (non-hydrogen) atoms. The highest BCUT2D eigenvalue weighted by atomic mass is 32.2. The molecule has 130 valence electrons. The summed E-state index contributed by atoms with van der Waals surface area (Å²) in [5.74, 6) is 0.868. The van der Waals surface area contributed by atoms with Gasteiger partial charge in [0.15, 0.2) is 0 Å². The van der Waals surface area contributed by atoms with Crippen LogP contribution in [-0.4, -0.2) is 30.0 Å². The number of carbonyl (C=O) groups is 1. The number of pyridine rings is 1. The van der Waals surface area contributed by atoms with E-state index in [1.54, 1.807) is 19.2 Å². The molecule has 3 rings (SSSR count). The van der Waals surface area contributed by atoms with Crippen LogP contribution in [0.25, 0.3) is 0 Å². The summed E-state index contributed by atoms with van der Waals surface area (Å²) < 4.78 is 5.02. The average Bonchev–Trinajstić information content (AvgIpc) is 2.61. The number of ether oxygens (including phenoxy) is 1. The Hall–Kier alpha value is -1.75. The topological polar surface area (TPSA) is 39.2 Å². The molecular formula is C20H24BNO2S. The van der Waals surface area contributed by atoms with E-state index in [0.29, 0.717) is 12.2 Å². The maximum absolute atomic E-state index is 11.8. The maximum Gasteiger partial charge on any atom is 0.339 e. The quantitative estimate of drug-likeness (QED) is 0.625. The molecule has 0 atom stereocenters. The van der Waals surface area contributed by atoms with Gasteiger partial charge in [0.05, 0.1) is 12.2 Å². The number of fused-ring (bicyclic) bond motifs is 1. The van der Waals surface area contributed by atoms with Crippen molar-refractivity contribution in [3.63, 3.8) is 0 Å². The number of nitrogens with zero attached hydrogens (tertiary/aromatic N) is 1. The molecule has 2 aromatic rings. The second-order valence-corrected chi connectivity index (χ2v) is 8.29. The second-order valence-electron chi connectivity index (χ2n) is 7.15. The molecule has 0 amide bonds. The number of hydrogen-bond acceptors (Lipinski definition) is 4. The molecule has 3 nitrogen and oxygen atoms in total. The Morgan fingerprint density at radius 3 is 2.80 bits per heavy atom. The van der Waals surface area contributed by atoms with Crippen molar-refractivity contribution in [2.75, 3.05) is 12.4 Å². The van der Waals surface area contributed by atoms with Gasteiger partial charge in [0.2, 0.25) is 6.71 Å². The first-order valence-corrected chi connectivity index (χ1v) is 9.81. The van der Waals surface area contributed by atoms with E-state index in [9.17, 15) is 4.79 Å². The zero-order valence-electron chi connectivity index (χ0n) is 15.3. The van der Waals surface area contributed by atoms with Crippen LogP contribution >= 0.6 is 11.8 Å². The first-order chi connectivity index (χ1) is 11.9. The van der Waals surface area contributed by atoms with Gasteiger partial charge >= 0.3 is 5.97 Å². The fourth-order valence-electron chi connectivity index (χ4n) is 3.19. The molecule has 0 aliphatic carbocycles. The Morgan fingerprint density at radius 1 is 1.32 bits per heavy atom. The van der Waals surface area contributed by atoms with Crippen LogP contribution in [-0.2, 0) is 10.2 Å². The molecule has 0 saturated heterocycles. The van der Waals surface area contributed by atoms with Crippen molar-refractivity contribution in [2.45, 2.75) is 44.3 Å². The third-order valence-corrected chi connectivity index (χ3v) is 6.03. The highest BCUT2D eigenvalue weighted by Gasteiger charge is 2.29. The predicted octanol–water partition coefficient (Wildman–Crippen LogP) is 3.27. The Kier molecular flexibility index (Phi) is 5.23. The minimum Gasteiger partial charge on any atom is -0.462 e. The van der Waals surface area contributed by atoms with Gasteiger partial charge in [-0.3, -0.25) is 4.98 Å². The van der Waals surface area contributed by atoms with E-state index in [1.165, 1.54) is 28.1 Å². The summed E-state index contributed by atoms with van der Waals surface area (Å²) >= 11 is 1.95. The van der Waals surface area contributed by atoms with Crippen LogP contribution in [0, 0.1) is 0 Å². The number of aromatic nitrogens is 1. The highest BCUT2D eigenvalue weighted by molar-refractivity contribution is 7.99. The molecule has 0 radical (unpaired) electrons. The monoisotopic (exact) mass is 353 g/mol. The lowest BCUT2D eigenvalue weighted by atomic mass is 9.44. The lowest BCUT2D eigenvalue weighted by molar-refractivity contribution is 0.0526. The Labute approximate surface area is 154 Å². The van der Waals surface area contributed by atoms with Crippen molar-refractivity contribution in [1.29, 1.82) is 0 Å². The second kappa shape index (κ2) is 7.24. The van der Waals surface area contributed by atoms with Crippen LogP contribution in [0.2, 0.25) is 6.82 Å². The van der Waals surface area contributed by atoms with E-state index >= 15 is 0 Å². The van der Waals surface area contributed by atoms with E-state index in [0.717, 1.165) is 5.59 Å². The van der Waals surface area contributed by atoms with Crippen LogP contribution in [0.1, 0.15) is 43.1 Å². The molecule has 0 fully saturated rings. The number of rotatable bonds is 4. The van der Waals surface area contributed by atoms with Gasteiger partial charge in [-0.1, -0.05) is 38.3 Å². The molecule has 2 heterocycles. The molecule has 0 unspecified atom stereocenters. The van der Waals surface area contributed by atoms with Crippen molar-refractivity contribution in [3.05, 3.63) is 47.7 Å². The molecule has 0 spiro atoms. The van der Waals surface area contributed by atoms with E-state index in [2.05, 4.69) is 43.9 Å². The lowest BCUT2D eigenvalue weighted by Gasteiger charge is -2.32. The number of benzene rings is 1. The summed E-state index contributed by atoms with van der Waals surface area (Å²) in [6.07, 6.45) is 2.82. The average molecular weight is 353 g/mol. The smallest absolute Gasteiger partial charge is 0.339 e. The summed E-state index contributed by atoms with van der Waals surface area (Å²) in [4.78, 5) is 17.7. The largest absolute Gasteiger partial charge is 0.462 e. The summed E-state index contributed by atoms with van der Waals surface area (Å²) in [5.41, 5.74) is 4.40. The standard InChI is InChI=1S/C20H24BNO2S/c1-5-24-19(23)14-6-9-18(22-13-14)21(4)15-7-8-17-16(12-15)20(2,3)10-11-25-17/h6-9,12-13H,5,10-11H2,1-4H3. The van der Waals surface area contributed by atoms with Crippen molar-refractivity contribution < 1.29 is 9.53 Å². The fraction of sp³-hybridized carbons (Fsp3) is 0.400. The first kappa shape index (κ1) is 18.1. The van der Waals surface area contributed by atoms with Crippen molar-refractivity contribution in [3.8, 4) is 0 Å². The first-order valence-electron chi connectivity index (χ1n) is 8.82. The van der Waals surface area contributed by atoms with Crippen molar-refractivity contribution >= 4 is 35.5 Å². The van der Waals surface area contributed by atoms with Gasteiger partial charge in [-0.05, 0) is 48.3 Å². The Bertz CT molecular complexity index is 774. The van der Waals surface area contributed by atoms with Gasteiger partial charge in [-0.15, -0.1) is 11.8 Å². The molecule has 1 aliphatic rings. The van der Waals surface area contributed by atoms with Gasteiger partial charge in [0, 0.05) is 16.7 Å². The number of thioether (sulfide) groups is 1. The molecule has 0 N–H and O–H groups in total. The van der Waals surface area contributed by atoms with Crippen molar-refractivity contribution in [2.24, 2.45) is 0 Å². The molecule has 0 bridgehead atoms. The summed E-state index contributed by atoms with van der Waals surface area (Å²) in [5, 5.41) is 0. The summed E-state index contributed by atoms with van der Waals surface area (Å²) in [6.45, 7) is 9.18. The minimum absolute atomic E-state index is 0.185. The summed E-state index contributed by atoms with van der Waals surface area (Å²) in [6, 6.07) is 10.5. The number of esters is 1. The number of hydrogen-bond donors (Lipinski definition) is 0. The zero-order chi connectivity index (χ0) is 18.0. The van der Waals surface area contributed by atoms with Crippen LogP contribution in [0.3, 0.4) is 0 Å². The third-order valence-electron chi connectivity index (χ3n) is 4.96. The predicted molar refractivity (Wildman–Crippen MR) is 106 cm³/mol. The fourth-order valence-corrected chi connectivity index (χ4v) is 4.68. The van der Waals surface area contributed by atoms with Crippen molar-refractivity contribution in [1.82, 2.24) is 4.98 Å². The molecule has 1 aliphatic heterocycles. The van der Waals surface area contributed by atoms with Gasteiger partial charge in [0.1, 0.15) is 0 Å². The Morgan fingerprint density at radius 2 is 2.12 bits per heavy atom. The van der Waals surface area contributed by atoms with E-state index in [1.807, 2.05) is 17.8 Å². The molecule has 0 saturated carbocycles. The van der Waals surface area contributed by atoms with Gasteiger partial charge in [0.25, 0.3) is 0 Å². The highest BCUT2D eigenvalue weighted by Crippen LogP contribution is 2.40. The minimum atomic E-state index is -0.318. The lowest BCUT2D eigenvalue weighted by Crippen LogP contribution is -2.42. The van der Waals surface area contributed by atoms with Gasteiger partial charge < -0.3 is 4.74 Å².